The number of halogens is 1. The minimum Gasteiger partial charge on any atom is -0.372 e. The lowest BCUT2D eigenvalue weighted by molar-refractivity contribution is 0.0446. The third-order valence-corrected chi connectivity index (χ3v) is 3.18. The summed E-state index contributed by atoms with van der Waals surface area (Å²) < 4.78 is 6.02. The zero-order chi connectivity index (χ0) is 14.3. The van der Waals surface area contributed by atoms with E-state index in [-0.39, 0.29) is 6.10 Å². The Morgan fingerprint density at radius 2 is 1.95 bits per heavy atom. The predicted octanol–water partition coefficient (Wildman–Crippen LogP) is 4.44. The van der Waals surface area contributed by atoms with Crippen LogP contribution in [0.4, 0.5) is 0 Å². The first kappa shape index (κ1) is 16.5. The van der Waals surface area contributed by atoms with Crippen LogP contribution in [0, 0.1) is 5.92 Å². The Morgan fingerprint density at radius 3 is 2.53 bits per heavy atom. The summed E-state index contributed by atoms with van der Waals surface area (Å²) in [6.45, 7) is 10.3. The highest BCUT2D eigenvalue weighted by Crippen LogP contribution is 2.21. The first-order valence-corrected chi connectivity index (χ1v) is 7.47. The first-order valence-electron chi connectivity index (χ1n) is 7.09. The van der Waals surface area contributed by atoms with Crippen LogP contribution in [0.3, 0.4) is 0 Å². The quantitative estimate of drug-likeness (QED) is 0.761. The van der Waals surface area contributed by atoms with Crippen molar-refractivity contribution in [1.29, 1.82) is 0 Å². The van der Waals surface area contributed by atoms with E-state index in [4.69, 9.17) is 16.3 Å². The second-order valence-corrected chi connectivity index (χ2v) is 6.10. The smallest absolute Gasteiger partial charge is 0.0949 e. The maximum absolute atomic E-state index is 6.06. The van der Waals surface area contributed by atoms with Crippen molar-refractivity contribution in [3.63, 3.8) is 0 Å². The highest BCUT2D eigenvalue weighted by Gasteiger charge is 2.13. The second-order valence-electron chi connectivity index (χ2n) is 5.66. The molecule has 3 heteroatoms. The molecule has 1 unspecified atom stereocenters. The largest absolute Gasteiger partial charge is 0.372 e. The van der Waals surface area contributed by atoms with Crippen LogP contribution in [-0.2, 0) is 4.74 Å². The monoisotopic (exact) mass is 283 g/mol. The fourth-order valence-electron chi connectivity index (χ4n) is 1.77. The van der Waals surface area contributed by atoms with Crippen LogP contribution >= 0.6 is 11.6 Å². The van der Waals surface area contributed by atoms with Gasteiger partial charge < -0.3 is 10.1 Å². The summed E-state index contributed by atoms with van der Waals surface area (Å²) in [5, 5.41) is 4.20. The second kappa shape index (κ2) is 8.57. The molecule has 0 saturated heterocycles. The van der Waals surface area contributed by atoms with Gasteiger partial charge in [-0.05, 0) is 30.0 Å². The Kier molecular flexibility index (Phi) is 7.44. The van der Waals surface area contributed by atoms with E-state index in [0.717, 1.165) is 30.2 Å². The Morgan fingerprint density at radius 1 is 1.21 bits per heavy atom. The van der Waals surface area contributed by atoms with Gasteiger partial charge in [0.25, 0.3) is 0 Å². The number of rotatable bonds is 8. The molecule has 1 N–H and O–H groups in total. The lowest BCUT2D eigenvalue weighted by Gasteiger charge is -2.21. The third kappa shape index (κ3) is 6.95. The summed E-state index contributed by atoms with van der Waals surface area (Å²) in [6.07, 6.45) is 1.15. The van der Waals surface area contributed by atoms with Gasteiger partial charge in [-0.25, -0.2) is 0 Å². The van der Waals surface area contributed by atoms with Crippen LogP contribution in [-0.4, -0.2) is 19.2 Å². The molecule has 0 heterocycles. The molecule has 0 amide bonds. The molecule has 0 fully saturated rings. The molecule has 0 aliphatic rings. The molecule has 1 rings (SSSR count). The Balaban J connectivity index is 2.62. The molecule has 1 aromatic carbocycles. The fraction of sp³-hybridized carbons (Fsp3) is 0.625. The van der Waals surface area contributed by atoms with Gasteiger partial charge in [-0.3, -0.25) is 0 Å². The van der Waals surface area contributed by atoms with Gasteiger partial charge in [-0.1, -0.05) is 51.4 Å². The van der Waals surface area contributed by atoms with Crippen molar-refractivity contribution in [2.75, 3.05) is 13.2 Å². The third-order valence-electron chi connectivity index (χ3n) is 2.95. The van der Waals surface area contributed by atoms with Gasteiger partial charge in [0.1, 0.15) is 0 Å². The van der Waals surface area contributed by atoms with Crippen LogP contribution in [0.1, 0.15) is 45.8 Å². The highest BCUT2D eigenvalue weighted by atomic mass is 35.5. The van der Waals surface area contributed by atoms with E-state index in [1.165, 1.54) is 0 Å². The number of hydrogen-bond donors (Lipinski definition) is 1. The summed E-state index contributed by atoms with van der Waals surface area (Å²) >= 11 is 6.06. The molecule has 1 atom stereocenters. The minimum absolute atomic E-state index is 0.0693. The lowest BCUT2D eigenvalue weighted by Crippen LogP contribution is -2.29. The molecular formula is C16H26ClNO. The molecule has 0 spiro atoms. The average molecular weight is 284 g/mol. The van der Waals surface area contributed by atoms with Crippen LogP contribution in [0.2, 0.25) is 5.02 Å². The number of ether oxygens (including phenoxy) is 1. The Labute approximate surface area is 122 Å². The van der Waals surface area contributed by atoms with Crippen LogP contribution in [0.5, 0.6) is 0 Å². The molecule has 0 aliphatic heterocycles. The van der Waals surface area contributed by atoms with E-state index in [9.17, 15) is 0 Å². The van der Waals surface area contributed by atoms with Crippen molar-refractivity contribution in [2.45, 2.75) is 46.3 Å². The van der Waals surface area contributed by atoms with Crippen LogP contribution in [0.25, 0.3) is 0 Å². The summed E-state index contributed by atoms with van der Waals surface area (Å²) in [5.74, 6) is 0.665. The molecule has 19 heavy (non-hydrogen) atoms. The van der Waals surface area contributed by atoms with Crippen LogP contribution < -0.4 is 5.32 Å². The van der Waals surface area contributed by atoms with Gasteiger partial charge >= 0.3 is 0 Å². The SMILES string of the molecule is CC(C)CCOC(CNC(C)C)c1cccc(Cl)c1. The molecule has 0 bridgehead atoms. The van der Waals surface area contributed by atoms with Crippen molar-refractivity contribution in [3.8, 4) is 0 Å². The number of hydrogen-bond acceptors (Lipinski definition) is 2. The molecular weight excluding hydrogens is 258 g/mol. The normalized spacial score (nSPS) is 13.2. The topological polar surface area (TPSA) is 21.3 Å². The van der Waals surface area contributed by atoms with E-state index in [1.54, 1.807) is 0 Å². The minimum atomic E-state index is 0.0693. The summed E-state index contributed by atoms with van der Waals surface area (Å²) in [5.41, 5.74) is 1.14. The zero-order valence-corrected chi connectivity index (χ0v) is 13.2. The maximum atomic E-state index is 6.06. The molecule has 0 saturated carbocycles. The molecule has 0 aliphatic carbocycles. The van der Waals surface area contributed by atoms with E-state index in [0.29, 0.717) is 12.0 Å². The average Bonchev–Trinajstić information content (AvgIpc) is 2.32. The summed E-state index contributed by atoms with van der Waals surface area (Å²) in [6, 6.07) is 8.39. The fourth-order valence-corrected chi connectivity index (χ4v) is 1.97. The number of nitrogens with one attached hydrogen (secondary N) is 1. The molecule has 0 aromatic heterocycles. The maximum Gasteiger partial charge on any atom is 0.0949 e. The Bertz CT molecular complexity index is 366. The van der Waals surface area contributed by atoms with Gasteiger partial charge in [0.05, 0.1) is 6.10 Å². The van der Waals surface area contributed by atoms with Crippen LogP contribution in [0.15, 0.2) is 24.3 Å². The van der Waals surface area contributed by atoms with Gasteiger partial charge in [-0.15, -0.1) is 0 Å². The van der Waals surface area contributed by atoms with Gasteiger partial charge in [0.15, 0.2) is 0 Å². The molecule has 2 nitrogen and oxygen atoms in total. The lowest BCUT2D eigenvalue weighted by atomic mass is 10.1. The van der Waals surface area contributed by atoms with E-state index >= 15 is 0 Å². The predicted molar refractivity (Wildman–Crippen MR) is 82.7 cm³/mol. The van der Waals surface area contributed by atoms with Crippen molar-refractivity contribution in [3.05, 3.63) is 34.9 Å². The van der Waals surface area contributed by atoms with Gasteiger partial charge in [0.2, 0.25) is 0 Å². The molecule has 1 aromatic rings. The highest BCUT2D eigenvalue weighted by molar-refractivity contribution is 6.30. The van der Waals surface area contributed by atoms with Crippen molar-refractivity contribution >= 4 is 11.6 Å². The number of benzene rings is 1. The standard InChI is InChI=1S/C16H26ClNO/c1-12(2)8-9-19-16(11-18-13(3)4)14-6-5-7-15(17)10-14/h5-7,10,12-13,16,18H,8-9,11H2,1-4H3. The van der Waals surface area contributed by atoms with Gasteiger partial charge in [-0.2, -0.15) is 0 Å². The van der Waals surface area contributed by atoms with E-state index in [2.05, 4.69) is 39.1 Å². The van der Waals surface area contributed by atoms with E-state index < -0.39 is 0 Å². The Hall–Kier alpha value is -0.570. The molecule has 0 radical (unpaired) electrons. The van der Waals surface area contributed by atoms with Crippen molar-refractivity contribution < 1.29 is 4.74 Å². The zero-order valence-electron chi connectivity index (χ0n) is 12.4. The summed E-state index contributed by atoms with van der Waals surface area (Å²) in [4.78, 5) is 0. The first-order chi connectivity index (χ1) is 8.99. The van der Waals surface area contributed by atoms with Crippen molar-refractivity contribution in [1.82, 2.24) is 5.32 Å². The van der Waals surface area contributed by atoms with Gasteiger partial charge in [0, 0.05) is 24.2 Å². The molecule has 108 valence electrons. The summed E-state index contributed by atoms with van der Waals surface area (Å²) in [7, 11) is 0. The van der Waals surface area contributed by atoms with E-state index in [1.807, 2.05) is 18.2 Å². The van der Waals surface area contributed by atoms with Crippen molar-refractivity contribution in [2.24, 2.45) is 5.92 Å².